The van der Waals surface area contributed by atoms with Gasteiger partial charge in [0.15, 0.2) is 5.76 Å². The first-order valence-electron chi connectivity index (χ1n) is 7.94. The lowest BCUT2D eigenvalue weighted by molar-refractivity contribution is -0.387. The third kappa shape index (κ3) is 4.72. The van der Waals surface area contributed by atoms with Crippen LogP contribution in [0.3, 0.4) is 0 Å². The molecule has 1 amide bonds. The van der Waals surface area contributed by atoms with Crippen molar-refractivity contribution in [3.8, 4) is 17.0 Å². The minimum atomic E-state index is -1.08. The van der Waals surface area contributed by atoms with Gasteiger partial charge in [-0.15, -0.1) is 0 Å². The summed E-state index contributed by atoms with van der Waals surface area (Å²) >= 11 is 0. The Bertz CT molecular complexity index is 859. The number of benzene rings is 1. The quantitative estimate of drug-likeness (QED) is 0.573. The van der Waals surface area contributed by atoms with E-state index in [0.29, 0.717) is 0 Å². The van der Waals surface area contributed by atoms with Gasteiger partial charge in [0.05, 0.1) is 24.1 Å². The van der Waals surface area contributed by atoms with Crippen LogP contribution in [0.1, 0.15) is 26.5 Å². The van der Waals surface area contributed by atoms with Crippen LogP contribution in [0.5, 0.6) is 5.75 Å². The van der Waals surface area contributed by atoms with Crippen LogP contribution in [0.2, 0.25) is 0 Å². The predicted octanol–water partition coefficient (Wildman–Crippen LogP) is 3.76. The number of ether oxygens (including phenoxy) is 2. The Morgan fingerprint density at radius 1 is 1.41 bits per heavy atom. The highest BCUT2D eigenvalue weighted by Crippen LogP contribution is 2.36. The SMILES string of the molecule is COc1ccc([N+](=O)[O-])c(F)c1-c1cc(CN(C)C(=O)OC(C)(C)C)on1. The van der Waals surface area contributed by atoms with E-state index in [1.807, 2.05) is 0 Å². The summed E-state index contributed by atoms with van der Waals surface area (Å²) in [5.41, 5.74) is -1.54. The fourth-order valence-electron chi connectivity index (χ4n) is 2.24. The molecule has 0 N–H and O–H groups in total. The Balaban J connectivity index is 2.29. The molecule has 1 heterocycles. The van der Waals surface area contributed by atoms with E-state index >= 15 is 0 Å². The Morgan fingerprint density at radius 2 is 2.07 bits per heavy atom. The highest BCUT2D eigenvalue weighted by atomic mass is 19.1. The topological polar surface area (TPSA) is 108 Å². The molecule has 27 heavy (non-hydrogen) atoms. The standard InChI is InChI=1S/C17H20FN3O6/c1-17(2,3)26-16(22)20(4)9-10-8-11(19-27-10)14-13(25-5)7-6-12(15(14)18)21(23)24/h6-8H,9H2,1-5H3. The number of methoxy groups -OCH3 is 1. The van der Waals surface area contributed by atoms with Crippen molar-refractivity contribution >= 4 is 11.8 Å². The van der Waals surface area contributed by atoms with E-state index in [9.17, 15) is 19.3 Å². The van der Waals surface area contributed by atoms with Crippen molar-refractivity contribution in [3.05, 3.63) is 39.9 Å². The molecule has 0 atom stereocenters. The zero-order chi connectivity index (χ0) is 20.4. The van der Waals surface area contributed by atoms with Crippen molar-refractivity contribution in [3.63, 3.8) is 0 Å². The third-order valence-corrected chi connectivity index (χ3v) is 3.41. The van der Waals surface area contributed by atoms with Gasteiger partial charge in [0.25, 0.3) is 0 Å². The Hall–Kier alpha value is -3.17. The van der Waals surface area contributed by atoms with Gasteiger partial charge in [-0.25, -0.2) is 4.79 Å². The van der Waals surface area contributed by atoms with Crippen LogP contribution in [0, 0.1) is 15.9 Å². The highest BCUT2D eigenvalue weighted by molar-refractivity contribution is 5.71. The summed E-state index contributed by atoms with van der Waals surface area (Å²) in [6, 6.07) is 3.66. The second-order valence-corrected chi connectivity index (χ2v) is 6.75. The summed E-state index contributed by atoms with van der Waals surface area (Å²) in [5, 5.41) is 14.7. The van der Waals surface area contributed by atoms with E-state index in [-0.39, 0.29) is 29.3 Å². The fraction of sp³-hybridized carbons (Fsp3) is 0.412. The second-order valence-electron chi connectivity index (χ2n) is 6.75. The van der Waals surface area contributed by atoms with Gasteiger partial charge in [0.1, 0.15) is 17.0 Å². The van der Waals surface area contributed by atoms with Crippen LogP contribution in [-0.4, -0.2) is 40.8 Å². The number of nitrogens with zero attached hydrogens (tertiary/aromatic N) is 3. The molecule has 2 rings (SSSR count). The summed E-state index contributed by atoms with van der Waals surface area (Å²) in [7, 11) is 2.81. The van der Waals surface area contributed by atoms with Crippen molar-refractivity contribution in [2.75, 3.05) is 14.2 Å². The zero-order valence-corrected chi connectivity index (χ0v) is 15.6. The van der Waals surface area contributed by atoms with Gasteiger partial charge in [-0.2, -0.15) is 4.39 Å². The van der Waals surface area contributed by atoms with Crippen LogP contribution in [0.4, 0.5) is 14.9 Å². The third-order valence-electron chi connectivity index (χ3n) is 3.41. The van der Waals surface area contributed by atoms with Crippen molar-refractivity contribution in [1.29, 1.82) is 0 Å². The summed E-state index contributed by atoms with van der Waals surface area (Å²) in [6.07, 6.45) is -0.570. The monoisotopic (exact) mass is 381 g/mol. The van der Waals surface area contributed by atoms with E-state index in [4.69, 9.17) is 14.0 Å². The Morgan fingerprint density at radius 3 is 2.63 bits per heavy atom. The average molecular weight is 381 g/mol. The van der Waals surface area contributed by atoms with Gasteiger partial charge in [-0.05, 0) is 26.8 Å². The van der Waals surface area contributed by atoms with Gasteiger partial charge >= 0.3 is 11.8 Å². The minimum absolute atomic E-state index is 0.0145. The number of carbonyl (C=O) groups is 1. The van der Waals surface area contributed by atoms with Gasteiger partial charge in [0.2, 0.25) is 5.82 Å². The van der Waals surface area contributed by atoms with Crippen LogP contribution in [0.25, 0.3) is 11.3 Å². The lowest BCUT2D eigenvalue weighted by atomic mass is 10.1. The maximum atomic E-state index is 14.6. The number of hydrogen-bond donors (Lipinski definition) is 0. The fourth-order valence-corrected chi connectivity index (χ4v) is 2.24. The lowest BCUT2D eigenvalue weighted by Crippen LogP contribution is -2.33. The van der Waals surface area contributed by atoms with E-state index < -0.39 is 28.1 Å². The minimum Gasteiger partial charge on any atom is -0.496 e. The number of rotatable bonds is 5. The lowest BCUT2D eigenvalue weighted by Gasteiger charge is -2.23. The largest absolute Gasteiger partial charge is 0.496 e. The van der Waals surface area contributed by atoms with E-state index in [1.165, 1.54) is 31.2 Å². The van der Waals surface area contributed by atoms with Gasteiger partial charge in [-0.1, -0.05) is 5.16 Å². The summed E-state index contributed by atoms with van der Waals surface area (Å²) < 4.78 is 30.0. The van der Waals surface area contributed by atoms with Gasteiger partial charge in [0, 0.05) is 19.2 Å². The molecule has 0 saturated heterocycles. The average Bonchev–Trinajstić information content (AvgIpc) is 3.00. The number of amides is 1. The number of carbonyl (C=O) groups excluding carboxylic acids is 1. The number of aromatic nitrogens is 1. The molecule has 9 nitrogen and oxygen atoms in total. The summed E-state index contributed by atoms with van der Waals surface area (Å²) in [5.74, 6) is -0.774. The molecule has 0 fully saturated rings. The number of hydrogen-bond acceptors (Lipinski definition) is 7. The molecule has 146 valence electrons. The van der Waals surface area contributed by atoms with E-state index in [1.54, 1.807) is 20.8 Å². The molecule has 0 aliphatic rings. The molecule has 0 aliphatic heterocycles. The van der Waals surface area contributed by atoms with Crippen molar-refractivity contribution in [2.45, 2.75) is 32.9 Å². The van der Waals surface area contributed by atoms with Crippen LogP contribution < -0.4 is 4.74 Å². The summed E-state index contributed by atoms with van der Waals surface area (Å²) in [4.78, 5) is 23.4. The maximum absolute atomic E-state index is 14.6. The maximum Gasteiger partial charge on any atom is 0.410 e. The van der Waals surface area contributed by atoms with Gasteiger partial charge < -0.3 is 18.9 Å². The molecule has 0 bridgehead atoms. The van der Waals surface area contributed by atoms with E-state index in [2.05, 4.69) is 5.16 Å². The van der Waals surface area contributed by atoms with Crippen molar-refractivity contribution in [2.24, 2.45) is 0 Å². The van der Waals surface area contributed by atoms with E-state index in [0.717, 1.165) is 6.07 Å². The highest BCUT2D eigenvalue weighted by Gasteiger charge is 2.26. The first-order chi connectivity index (χ1) is 12.5. The molecule has 0 saturated carbocycles. The first kappa shape index (κ1) is 20.1. The van der Waals surface area contributed by atoms with Crippen molar-refractivity contribution in [1.82, 2.24) is 10.1 Å². The van der Waals surface area contributed by atoms with Crippen LogP contribution in [0.15, 0.2) is 22.7 Å². The number of nitro groups is 1. The number of nitro benzene ring substituents is 1. The molecule has 1 aromatic heterocycles. The first-order valence-corrected chi connectivity index (χ1v) is 7.94. The van der Waals surface area contributed by atoms with Crippen LogP contribution in [-0.2, 0) is 11.3 Å². The molecule has 0 spiro atoms. The smallest absolute Gasteiger partial charge is 0.410 e. The molecule has 1 aromatic carbocycles. The zero-order valence-electron chi connectivity index (χ0n) is 15.6. The predicted molar refractivity (Wildman–Crippen MR) is 92.8 cm³/mol. The molecule has 2 aromatic rings. The molecule has 0 aliphatic carbocycles. The Labute approximate surface area is 154 Å². The second kappa shape index (κ2) is 7.60. The molecular weight excluding hydrogens is 361 g/mol. The number of halogens is 1. The summed E-state index contributed by atoms with van der Waals surface area (Å²) in [6.45, 7) is 5.23. The molecule has 10 heteroatoms. The Kier molecular flexibility index (Phi) is 5.67. The molecule has 0 unspecified atom stereocenters. The van der Waals surface area contributed by atoms with Crippen molar-refractivity contribution < 1.29 is 28.1 Å². The van der Waals surface area contributed by atoms with Crippen LogP contribution >= 0.6 is 0 Å². The van der Waals surface area contributed by atoms with Gasteiger partial charge in [-0.3, -0.25) is 10.1 Å². The normalized spacial score (nSPS) is 11.2. The molecule has 0 radical (unpaired) electrons. The molecular formula is C17H20FN3O6.